The number of pyridine rings is 1. The fourth-order valence-corrected chi connectivity index (χ4v) is 1.48. The molecule has 0 aliphatic carbocycles. The normalized spacial score (nSPS) is 23.4. The van der Waals surface area contributed by atoms with Crippen molar-refractivity contribution < 1.29 is 9.53 Å². The first-order valence-electron chi connectivity index (χ1n) is 5.29. The van der Waals surface area contributed by atoms with Crippen molar-refractivity contribution in [3.63, 3.8) is 0 Å². The summed E-state index contributed by atoms with van der Waals surface area (Å²) in [6.07, 6.45) is 1.78. The Morgan fingerprint density at radius 3 is 2.88 bits per heavy atom. The number of hydrogen-bond donors (Lipinski definition) is 2. The average molecular weight is 221 g/mol. The molecule has 0 bridgehead atoms. The number of amides is 1. The summed E-state index contributed by atoms with van der Waals surface area (Å²) in [7, 11) is 1.58. The van der Waals surface area contributed by atoms with Crippen LogP contribution < -0.4 is 15.4 Å². The number of aromatic nitrogens is 1. The van der Waals surface area contributed by atoms with Gasteiger partial charge in [-0.1, -0.05) is 0 Å². The molecule has 2 heterocycles. The quantitative estimate of drug-likeness (QED) is 0.764. The lowest BCUT2D eigenvalue weighted by molar-refractivity contribution is 0.0928. The average Bonchev–Trinajstić information content (AvgIpc) is 2.34. The van der Waals surface area contributed by atoms with E-state index in [1.165, 1.54) is 0 Å². The summed E-state index contributed by atoms with van der Waals surface area (Å²) in [5.41, 5.74) is 0.398. The van der Waals surface area contributed by atoms with Gasteiger partial charge in [0.15, 0.2) is 0 Å². The van der Waals surface area contributed by atoms with E-state index in [0.717, 1.165) is 6.54 Å². The number of carbonyl (C=O) groups excluding carboxylic acids is 1. The summed E-state index contributed by atoms with van der Waals surface area (Å²) in [5.74, 6) is 0.510. The van der Waals surface area contributed by atoms with Crippen molar-refractivity contribution in [3.05, 3.63) is 24.0 Å². The van der Waals surface area contributed by atoms with Crippen molar-refractivity contribution in [2.24, 2.45) is 0 Å². The molecular formula is C11H15N3O2. The van der Waals surface area contributed by atoms with Crippen LogP contribution in [0.2, 0.25) is 0 Å². The molecule has 86 valence electrons. The van der Waals surface area contributed by atoms with Crippen molar-refractivity contribution in [1.29, 1.82) is 0 Å². The molecule has 1 aliphatic heterocycles. The molecule has 0 radical (unpaired) electrons. The molecule has 1 aliphatic rings. The van der Waals surface area contributed by atoms with E-state index in [1.54, 1.807) is 25.4 Å². The summed E-state index contributed by atoms with van der Waals surface area (Å²) < 4.78 is 5.67. The minimum absolute atomic E-state index is 0.190. The van der Waals surface area contributed by atoms with Gasteiger partial charge in [0.05, 0.1) is 6.20 Å². The number of nitrogens with zero attached hydrogens (tertiary/aromatic N) is 1. The highest BCUT2D eigenvalue weighted by atomic mass is 16.5. The topological polar surface area (TPSA) is 63.2 Å². The zero-order chi connectivity index (χ0) is 11.5. The highest BCUT2D eigenvalue weighted by molar-refractivity contribution is 5.91. The number of rotatable bonds is 3. The van der Waals surface area contributed by atoms with Crippen LogP contribution in [0.3, 0.4) is 0 Å². The highest BCUT2D eigenvalue weighted by Gasteiger charge is 2.27. The lowest BCUT2D eigenvalue weighted by Gasteiger charge is -2.35. The Bertz CT molecular complexity index is 377. The van der Waals surface area contributed by atoms with Crippen LogP contribution in [-0.4, -0.2) is 36.6 Å². The van der Waals surface area contributed by atoms with Gasteiger partial charge in [0.1, 0.15) is 17.5 Å². The lowest BCUT2D eigenvalue weighted by atomic mass is 10.1. The van der Waals surface area contributed by atoms with Crippen molar-refractivity contribution >= 4 is 5.91 Å². The van der Waals surface area contributed by atoms with E-state index in [2.05, 4.69) is 22.5 Å². The fraction of sp³-hybridized carbons (Fsp3) is 0.455. The predicted molar refractivity (Wildman–Crippen MR) is 59.5 cm³/mol. The molecule has 0 spiro atoms. The third-order valence-corrected chi connectivity index (χ3v) is 2.68. The first-order valence-corrected chi connectivity index (χ1v) is 5.29. The van der Waals surface area contributed by atoms with Gasteiger partial charge in [-0.05, 0) is 19.1 Å². The fourth-order valence-electron chi connectivity index (χ4n) is 1.48. The van der Waals surface area contributed by atoms with Gasteiger partial charge in [0, 0.05) is 19.6 Å². The first-order chi connectivity index (χ1) is 7.70. The SMILES string of the molecule is CNC(=O)c1ccc(OC2CNC2C)cn1. The van der Waals surface area contributed by atoms with Gasteiger partial charge >= 0.3 is 0 Å². The molecule has 5 heteroatoms. The second-order valence-corrected chi connectivity index (χ2v) is 3.81. The van der Waals surface area contributed by atoms with Crippen LogP contribution in [0.25, 0.3) is 0 Å². The smallest absolute Gasteiger partial charge is 0.269 e. The van der Waals surface area contributed by atoms with E-state index in [-0.39, 0.29) is 12.0 Å². The molecule has 1 amide bonds. The molecule has 16 heavy (non-hydrogen) atoms. The Balaban J connectivity index is 1.99. The Morgan fingerprint density at radius 2 is 2.44 bits per heavy atom. The maximum absolute atomic E-state index is 11.2. The number of nitrogens with one attached hydrogen (secondary N) is 2. The van der Waals surface area contributed by atoms with Crippen molar-refractivity contribution in [3.8, 4) is 5.75 Å². The van der Waals surface area contributed by atoms with E-state index in [1.807, 2.05) is 0 Å². The van der Waals surface area contributed by atoms with Gasteiger partial charge in [0.25, 0.3) is 5.91 Å². The van der Waals surface area contributed by atoms with Crippen LogP contribution in [0.5, 0.6) is 5.75 Å². The first kappa shape index (κ1) is 10.9. The van der Waals surface area contributed by atoms with Gasteiger partial charge in [0.2, 0.25) is 0 Å². The second-order valence-electron chi connectivity index (χ2n) is 3.81. The molecule has 1 saturated heterocycles. The zero-order valence-electron chi connectivity index (χ0n) is 9.36. The molecular weight excluding hydrogens is 206 g/mol. The summed E-state index contributed by atoms with van der Waals surface area (Å²) >= 11 is 0. The molecule has 0 saturated carbocycles. The minimum Gasteiger partial charge on any atom is -0.486 e. The minimum atomic E-state index is -0.190. The van der Waals surface area contributed by atoms with Crippen LogP contribution in [0.4, 0.5) is 0 Å². The van der Waals surface area contributed by atoms with E-state index >= 15 is 0 Å². The Hall–Kier alpha value is -1.62. The number of ether oxygens (including phenoxy) is 1. The third kappa shape index (κ3) is 2.14. The largest absolute Gasteiger partial charge is 0.486 e. The third-order valence-electron chi connectivity index (χ3n) is 2.68. The van der Waals surface area contributed by atoms with Crippen molar-refractivity contribution in [2.75, 3.05) is 13.6 Å². The summed E-state index contributed by atoms with van der Waals surface area (Å²) in [4.78, 5) is 15.3. The molecule has 2 unspecified atom stereocenters. The van der Waals surface area contributed by atoms with E-state index in [9.17, 15) is 4.79 Å². The van der Waals surface area contributed by atoms with Crippen LogP contribution in [0.1, 0.15) is 17.4 Å². The molecule has 5 nitrogen and oxygen atoms in total. The second kappa shape index (κ2) is 4.49. The Labute approximate surface area is 94.2 Å². The Kier molecular flexibility index (Phi) is 3.05. The summed E-state index contributed by atoms with van der Waals surface area (Å²) in [6, 6.07) is 3.80. The summed E-state index contributed by atoms with van der Waals surface area (Å²) in [6.45, 7) is 2.93. The van der Waals surface area contributed by atoms with E-state index in [0.29, 0.717) is 17.5 Å². The number of carbonyl (C=O) groups is 1. The molecule has 1 fully saturated rings. The molecule has 2 rings (SSSR count). The van der Waals surface area contributed by atoms with Crippen molar-refractivity contribution in [2.45, 2.75) is 19.1 Å². The standard InChI is InChI=1S/C11H15N3O2/c1-7-10(6-13-7)16-8-3-4-9(14-5-8)11(15)12-2/h3-5,7,10,13H,6H2,1-2H3,(H,12,15). The molecule has 0 aromatic carbocycles. The van der Waals surface area contributed by atoms with Crippen LogP contribution in [-0.2, 0) is 0 Å². The maximum atomic E-state index is 11.2. The van der Waals surface area contributed by atoms with E-state index < -0.39 is 0 Å². The lowest BCUT2D eigenvalue weighted by Crippen LogP contribution is -2.58. The van der Waals surface area contributed by atoms with Gasteiger partial charge < -0.3 is 15.4 Å². The van der Waals surface area contributed by atoms with Crippen molar-refractivity contribution in [1.82, 2.24) is 15.6 Å². The van der Waals surface area contributed by atoms with Gasteiger partial charge in [-0.3, -0.25) is 4.79 Å². The monoisotopic (exact) mass is 221 g/mol. The number of hydrogen-bond acceptors (Lipinski definition) is 4. The van der Waals surface area contributed by atoms with Gasteiger partial charge in [-0.15, -0.1) is 0 Å². The zero-order valence-corrected chi connectivity index (χ0v) is 9.36. The molecule has 1 aromatic rings. The Morgan fingerprint density at radius 1 is 1.62 bits per heavy atom. The highest BCUT2D eigenvalue weighted by Crippen LogP contribution is 2.15. The van der Waals surface area contributed by atoms with Gasteiger partial charge in [-0.2, -0.15) is 0 Å². The van der Waals surface area contributed by atoms with E-state index in [4.69, 9.17) is 4.74 Å². The van der Waals surface area contributed by atoms with Crippen LogP contribution >= 0.6 is 0 Å². The molecule has 1 aromatic heterocycles. The predicted octanol–water partition coefficient (Wildman–Crippen LogP) is 0.180. The molecule has 2 N–H and O–H groups in total. The van der Waals surface area contributed by atoms with Crippen LogP contribution in [0.15, 0.2) is 18.3 Å². The van der Waals surface area contributed by atoms with Crippen LogP contribution in [0, 0.1) is 0 Å². The molecule has 2 atom stereocenters. The summed E-state index contributed by atoms with van der Waals surface area (Å²) in [5, 5.41) is 5.73. The maximum Gasteiger partial charge on any atom is 0.269 e. The van der Waals surface area contributed by atoms with Gasteiger partial charge in [-0.25, -0.2) is 4.98 Å².